The van der Waals surface area contributed by atoms with Crippen molar-refractivity contribution >= 4 is 24.2 Å². The molecule has 8 heteroatoms. The van der Waals surface area contributed by atoms with Crippen molar-refractivity contribution in [2.24, 2.45) is 10.2 Å². The molecule has 0 spiro atoms. The lowest BCUT2D eigenvalue weighted by molar-refractivity contribution is 0.0943. The fourth-order valence-electron chi connectivity index (χ4n) is 2.07. The first-order valence-electron chi connectivity index (χ1n) is 7.76. The molecule has 0 saturated carbocycles. The first kappa shape index (κ1) is 16.9. The second-order valence-corrected chi connectivity index (χ2v) is 5.23. The van der Waals surface area contributed by atoms with E-state index in [1.165, 1.54) is 12.4 Å². The van der Waals surface area contributed by atoms with Crippen molar-refractivity contribution in [1.82, 2.24) is 20.8 Å². The van der Waals surface area contributed by atoms with Crippen molar-refractivity contribution in [3.8, 4) is 0 Å². The lowest BCUT2D eigenvalue weighted by atomic mass is 10.1. The Morgan fingerprint density at radius 3 is 1.50 bits per heavy atom. The third-order valence-electron chi connectivity index (χ3n) is 3.39. The van der Waals surface area contributed by atoms with Gasteiger partial charge in [0.05, 0.1) is 23.8 Å². The third-order valence-corrected chi connectivity index (χ3v) is 3.39. The van der Waals surface area contributed by atoms with Crippen LogP contribution in [0.2, 0.25) is 0 Å². The SMILES string of the molecule is O=C(NN=Cc1ccc[nH]1)c1ccc(C(=O)NN=Cc2ccc[nH]2)cc1. The summed E-state index contributed by atoms with van der Waals surface area (Å²) in [7, 11) is 0. The number of amides is 2. The Kier molecular flexibility index (Phi) is 5.36. The molecule has 0 atom stereocenters. The Morgan fingerprint density at radius 1 is 0.731 bits per heavy atom. The Labute approximate surface area is 149 Å². The van der Waals surface area contributed by atoms with Crippen LogP contribution in [0, 0.1) is 0 Å². The van der Waals surface area contributed by atoms with E-state index in [9.17, 15) is 9.59 Å². The van der Waals surface area contributed by atoms with Crippen LogP contribution in [-0.2, 0) is 0 Å². The first-order chi connectivity index (χ1) is 12.7. The van der Waals surface area contributed by atoms with Crippen LogP contribution in [0.4, 0.5) is 0 Å². The number of hydrogen-bond donors (Lipinski definition) is 4. The number of rotatable bonds is 6. The largest absolute Gasteiger partial charge is 0.360 e. The Hall–Kier alpha value is -3.94. The number of H-pyrrole nitrogens is 2. The van der Waals surface area contributed by atoms with Crippen LogP contribution in [0.25, 0.3) is 0 Å². The molecule has 0 bridgehead atoms. The fourth-order valence-corrected chi connectivity index (χ4v) is 2.07. The summed E-state index contributed by atoms with van der Waals surface area (Å²) in [5.74, 6) is -0.742. The van der Waals surface area contributed by atoms with Gasteiger partial charge in [0.15, 0.2) is 0 Å². The van der Waals surface area contributed by atoms with Crippen molar-refractivity contribution in [1.29, 1.82) is 0 Å². The molecule has 130 valence electrons. The number of carbonyl (C=O) groups excluding carboxylic acids is 2. The molecule has 2 amide bonds. The zero-order chi connectivity index (χ0) is 18.2. The van der Waals surface area contributed by atoms with E-state index in [-0.39, 0.29) is 11.8 Å². The van der Waals surface area contributed by atoms with Gasteiger partial charge in [0.2, 0.25) is 0 Å². The van der Waals surface area contributed by atoms with Gasteiger partial charge in [-0.2, -0.15) is 10.2 Å². The number of nitrogens with zero attached hydrogens (tertiary/aromatic N) is 2. The molecular weight excluding hydrogens is 332 g/mol. The molecule has 2 heterocycles. The molecule has 4 N–H and O–H groups in total. The molecule has 8 nitrogen and oxygen atoms in total. The Balaban J connectivity index is 1.53. The molecule has 3 rings (SSSR count). The van der Waals surface area contributed by atoms with E-state index in [4.69, 9.17) is 0 Å². The van der Waals surface area contributed by atoms with Gasteiger partial charge in [-0.1, -0.05) is 0 Å². The van der Waals surface area contributed by atoms with Crippen LogP contribution in [0.15, 0.2) is 71.1 Å². The van der Waals surface area contributed by atoms with Crippen molar-refractivity contribution in [2.45, 2.75) is 0 Å². The number of carbonyl (C=O) groups is 2. The van der Waals surface area contributed by atoms with Crippen LogP contribution in [0.5, 0.6) is 0 Å². The Morgan fingerprint density at radius 2 is 1.15 bits per heavy atom. The summed E-state index contributed by atoms with van der Waals surface area (Å²) in [4.78, 5) is 29.9. The molecule has 1 aromatic carbocycles. The van der Waals surface area contributed by atoms with Gasteiger partial charge in [-0.25, -0.2) is 10.9 Å². The summed E-state index contributed by atoms with van der Waals surface area (Å²) in [6, 6.07) is 13.5. The maximum absolute atomic E-state index is 12.0. The average Bonchev–Trinajstić information content (AvgIpc) is 3.36. The van der Waals surface area contributed by atoms with Crippen molar-refractivity contribution in [3.63, 3.8) is 0 Å². The number of benzene rings is 1. The topological polar surface area (TPSA) is 114 Å². The number of hydrazone groups is 2. The summed E-state index contributed by atoms with van der Waals surface area (Å²) in [5, 5.41) is 7.71. The highest BCUT2D eigenvalue weighted by Gasteiger charge is 2.08. The maximum atomic E-state index is 12.0. The van der Waals surface area contributed by atoms with Gasteiger partial charge in [0, 0.05) is 23.5 Å². The minimum Gasteiger partial charge on any atom is -0.360 e. The summed E-state index contributed by atoms with van der Waals surface area (Å²) in [6.45, 7) is 0. The van der Waals surface area contributed by atoms with E-state index in [1.807, 2.05) is 24.3 Å². The molecule has 0 aliphatic rings. The lowest BCUT2D eigenvalue weighted by Crippen LogP contribution is -2.19. The van der Waals surface area contributed by atoms with Crippen LogP contribution in [-0.4, -0.2) is 34.2 Å². The van der Waals surface area contributed by atoms with E-state index in [1.54, 1.807) is 36.7 Å². The van der Waals surface area contributed by atoms with E-state index in [2.05, 4.69) is 31.0 Å². The van der Waals surface area contributed by atoms with Crippen molar-refractivity contribution in [2.75, 3.05) is 0 Å². The normalized spacial score (nSPS) is 11.1. The second kappa shape index (κ2) is 8.25. The molecule has 0 fully saturated rings. The minimum absolute atomic E-state index is 0.371. The van der Waals surface area contributed by atoms with Crippen molar-refractivity contribution in [3.05, 3.63) is 83.4 Å². The molecule has 0 aliphatic heterocycles. The van der Waals surface area contributed by atoms with Crippen LogP contribution in [0.3, 0.4) is 0 Å². The van der Waals surface area contributed by atoms with Crippen LogP contribution < -0.4 is 10.9 Å². The van der Waals surface area contributed by atoms with Crippen molar-refractivity contribution < 1.29 is 9.59 Å². The second-order valence-electron chi connectivity index (χ2n) is 5.23. The number of hydrogen-bond acceptors (Lipinski definition) is 4. The lowest BCUT2D eigenvalue weighted by Gasteiger charge is -2.02. The summed E-state index contributed by atoms with van der Waals surface area (Å²) in [5.41, 5.74) is 7.17. The fraction of sp³-hybridized carbons (Fsp3) is 0. The van der Waals surface area contributed by atoms with Gasteiger partial charge in [-0.3, -0.25) is 9.59 Å². The molecule has 0 aliphatic carbocycles. The first-order valence-corrected chi connectivity index (χ1v) is 7.76. The number of nitrogens with one attached hydrogen (secondary N) is 4. The quantitative estimate of drug-likeness (QED) is 0.402. The highest BCUT2D eigenvalue weighted by molar-refractivity contribution is 5.98. The smallest absolute Gasteiger partial charge is 0.271 e. The van der Waals surface area contributed by atoms with Crippen LogP contribution in [0.1, 0.15) is 32.1 Å². The van der Waals surface area contributed by atoms with Gasteiger partial charge >= 0.3 is 0 Å². The maximum Gasteiger partial charge on any atom is 0.271 e. The van der Waals surface area contributed by atoms with Crippen LogP contribution >= 0.6 is 0 Å². The van der Waals surface area contributed by atoms with E-state index in [0.29, 0.717) is 11.1 Å². The summed E-state index contributed by atoms with van der Waals surface area (Å²) >= 11 is 0. The number of aromatic nitrogens is 2. The third kappa shape index (κ3) is 4.54. The molecule has 26 heavy (non-hydrogen) atoms. The zero-order valence-corrected chi connectivity index (χ0v) is 13.6. The molecule has 3 aromatic rings. The molecule has 2 aromatic heterocycles. The van der Waals surface area contributed by atoms with Gasteiger partial charge in [0.1, 0.15) is 0 Å². The monoisotopic (exact) mass is 348 g/mol. The van der Waals surface area contributed by atoms with Gasteiger partial charge < -0.3 is 9.97 Å². The zero-order valence-electron chi connectivity index (χ0n) is 13.6. The standard InChI is InChI=1S/C18H16N6O2/c25-17(23-21-11-15-3-1-9-19-15)13-5-7-14(8-6-13)18(26)24-22-12-16-4-2-10-20-16/h1-12,19-20H,(H,23,25)(H,24,26). The van der Waals surface area contributed by atoms with Gasteiger partial charge in [-0.05, 0) is 48.5 Å². The minimum atomic E-state index is -0.371. The van der Waals surface area contributed by atoms with E-state index < -0.39 is 0 Å². The van der Waals surface area contributed by atoms with Gasteiger partial charge in [0.25, 0.3) is 11.8 Å². The van der Waals surface area contributed by atoms with E-state index >= 15 is 0 Å². The molecule has 0 unspecified atom stereocenters. The predicted molar refractivity (Wildman–Crippen MR) is 98.1 cm³/mol. The highest BCUT2D eigenvalue weighted by Crippen LogP contribution is 2.04. The summed E-state index contributed by atoms with van der Waals surface area (Å²) in [6.07, 6.45) is 6.52. The average molecular weight is 348 g/mol. The Bertz CT molecular complexity index is 832. The molecule has 0 saturated heterocycles. The number of aromatic amines is 2. The molecule has 0 radical (unpaired) electrons. The predicted octanol–water partition coefficient (Wildman–Crippen LogP) is 1.87. The highest BCUT2D eigenvalue weighted by atomic mass is 16.2. The van der Waals surface area contributed by atoms with E-state index in [0.717, 1.165) is 11.4 Å². The summed E-state index contributed by atoms with van der Waals surface area (Å²) < 4.78 is 0. The van der Waals surface area contributed by atoms with Gasteiger partial charge in [-0.15, -0.1) is 0 Å². The molecular formula is C18H16N6O2.